The van der Waals surface area contributed by atoms with Crippen molar-refractivity contribution in [3.8, 4) is 17.2 Å². The van der Waals surface area contributed by atoms with Gasteiger partial charge in [0.15, 0.2) is 11.5 Å². The van der Waals surface area contributed by atoms with Crippen LogP contribution in [0.4, 0.5) is 0 Å². The van der Waals surface area contributed by atoms with Crippen LogP contribution < -0.4 is 14.2 Å². The molecule has 0 fully saturated rings. The summed E-state index contributed by atoms with van der Waals surface area (Å²) in [6.45, 7) is 0.0941. The smallest absolute Gasteiger partial charge is 0.336 e. The molecule has 1 N–H and O–H groups in total. The maximum Gasteiger partial charge on any atom is 0.336 e. The average molecular weight is 367 g/mol. The molecule has 2 aromatic carbocycles. The topological polar surface area (TPSA) is 65.0 Å². The third-order valence-electron chi connectivity index (χ3n) is 3.05. The summed E-state index contributed by atoms with van der Waals surface area (Å²) in [6, 6.07) is 10.2. The highest BCUT2D eigenvalue weighted by Crippen LogP contribution is 2.40. The first-order valence-corrected chi connectivity index (χ1v) is 7.21. The number of carbonyl (C=O) groups is 1. The Morgan fingerprint density at radius 2 is 1.73 bits per heavy atom. The number of hydrogen-bond donors (Lipinski definition) is 1. The summed E-state index contributed by atoms with van der Waals surface area (Å²) in [5.41, 5.74) is 0.777. The Morgan fingerprint density at radius 3 is 2.27 bits per heavy atom. The summed E-state index contributed by atoms with van der Waals surface area (Å²) in [7, 11) is 3.05. The van der Waals surface area contributed by atoms with Crippen LogP contribution >= 0.6 is 15.9 Å². The molecule has 116 valence electrons. The predicted octanol–water partition coefficient (Wildman–Crippen LogP) is 3.74. The van der Waals surface area contributed by atoms with Gasteiger partial charge in [-0.05, 0) is 18.2 Å². The minimum atomic E-state index is -0.992. The van der Waals surface area contributed by atoms with Gasteiger partial charge in [-0.3, -0.25) is 0 Å². The predicted molar refractivity (Wildman–Crippen MR) is 85.0 cm³/mol. The Kier molecular flexibility index (Phi) is 5.27. The third kappa shape index (κ3) is 3.51. The highest BCUT2D eigenvalue weighted by Gasteiger charge is 2.15. The molecule has 2 aromatic rings. The maximum absolute atomic E-state index is 11.2. The van der Waals surface area contributed by atoms with Gasteiger partial charge in [0.1, 0.15) is 6.61 Å². The molecule has 0 amide bonds. The van der Waals surface area contributed by atoms with Crippen molar-refractivity contribution in [2.24, 2.45) is 0 Å². The van der Waals surface area contributed by atoms with Crippen molar-refractivity contribution in [2.45, 2.75) is 6.61 Å². The molecule has 6 heteroatoms. The normalized spacial score (nSPS) is 10.1. The van der Waals surface area contributed by atoms with Crippen molar-refractivity contribution >= 4 is 21.9 Å². The van der Waals surface area contributed by atoms with Crippen LogP contribution in [-0.2, 0) is 6.61 Å². The van der Waals surface area contributed by atoms with E-state index in [0.29, 0.717) is 22.8 Å². The van der Waals surface area contributed by atoms with Gasteiger partial charge in [-0.15, -0.1) is 0 Å². The van der Waals surface area contributed by atoms with Crippen molar-refractivity contribution in [3.63, 3.8) is 0 Å². The van der Waals surface area contributed by atoms with Crippen molar-refractivity contribution in [1.82, 2.24) is 0 Å². The van der Waals surface area contributed by atoms with Crippen molar-refractivity contribution < 1.29 is 24.1 Å². The van der Waals surface area contributed by atoms with E-state index in [1.807, 2.05) is 0 Å². The molecular formula is C16H15BrO5. The molecule has 0 aliphatic heterocycles. The van der Waals surface area contributed by atoms with Crippen molar-refractivity contribution in [1.29, 1.82) is 0 Å². The van der Waals surface area contributed by atoms with E-state index in [1.54, 1.807) is 30.3 Å². The van der Waals surface area contributed by atoms with Gasteiger partial charge in [-0.2, -0.15) is 0 Å². The van der Waals surface area contributed by atoms with Crippen LogP contribution in [0.2, 0.25) is 0 Å². The average Bonchev–Trinajstić information content (AvgIpc) is 2.52. The number of methoxy groups -OCH3 is 2. The van der Waals surface area contributed by atoms with Gasteiger partial charge < -0.3 is 19.3 Å². The number of carboxylic acids is 1. The fourth-order valence-electron chi connectivity index (χ4n) is 1.99. The van der Waals surface area contributed by atoms with E-state index in [9.17, 15) is 9.90 Å². The van der Waals surface area contributed by atoms with Crippen LogP contribution in [0.1, 0.15) is 15.9 Å². The van der Waals surface area contributed by atoms with E-state index >= 15 is 0 Å². The van der Waals surface area contributed by atoms with Gasteiger partial charge in [0.05, 0.1) is 19.8 Å². The Hall–Kier alpha value is -2.21. The van der Waals surface area contributed by atoms with Gasteiger partial charge >= 0.3 is 5.97 Å². The van der Waals surface area contributed by atoms with Gasteiger partial charge in [0.2, 0.25) is 5.75 Å². The molecule has 0 spiro atoms. The van der Waals surface area contributed by atoms with E-state index in [0.717, 1.165) is 4.47 Å². The molecule has 0 aliphatic carbocycles. The monoisotopic (exact) mass is 366 g/mol. The number of halogens is 1. The zero-order valence-electron chi connectivity index (χ0n) is 12.1. The Labute approximate surface area is 136 Å². The molecule has 0 heterocycles. The summed E-state index contributed by atoms with van der Waals surface area (Å²) in [5, 5.41) is 9.19. The van der Waals surface area contributed by atoms with Gasteiger partial charge in [-0.1, -0.05) is 34.1 Å². The summed E-state index contributed by atoms with van der Waals surface area (Å²) < 4.78 is 17.1. The van der Waals surface area contributed by atoms with Crippen LogP contribution in [0.5, 0.6) is 17.2 Å². The Balaban J connectivity index is 2.31. The zero-order chi connectivity index (χ0) is 16.1. The standard InChI is InChI=1S/C16H15BrO5/c1-20-13-7-11(17)8-14(21-2)15(13)22-9-10-5-3-4-6-12(10)16(18)19/h3-8H,9H2,1-2H3,(H,18,19). The molecule has 2 rings (SSSR count). The Morgan fingerprint density at radius 1 is 1.14 bits per heavy atom. The number of ether oxygens (including phenoxy) is 3. The van der Waals surface area contributed by atoms with E-state index in [4.69, 9.17) is 14.2 Å². The molecule has 5 nitrogen and oxygen atoms in total. The van der Waals surface area contributed by atoms with Crippen LogP contribution in [0.25, 0.3) is 0 Å². The van der Waals surface area contributed by atoms with E-state index in [-0.39, 0.29) is 12.2 Å². The highest BCUT2D eigenvalue weighted by atomic mass is 79.9. The molecule has 0 bridgehead atoms. The van der Waals surface area contributed by atoms with E-state index < -0.39 is 5.97 Å². The quantitative estimate of drug-likeness (QED) is 0.843. The van der Waals surface area contributed by atoms with Crippen molar-refractivity contribution in [3.05, 3.63) is 52.0 Å². The van der Waals surface area contributed by atoms with Crippen LogP contribution in [0.15, 0.2) is 40.9 Å². The summed E-state index contributed by atoms with van der Waals surface area (Å²) >= 11 is 3.36. The maximum atomic E-state index is 11.2. The minimum absolute atomic E-state index is 0.0941. The summed E-state index contributed by atoms with van der Waals surface area (Å²) in [4.78, 5) is 11.2. The van der Waals surface area contributed by atoms with E-state index in [2.05, 4.69) is 15.9 Å². The Bertz CT molecular complexity index is 659. The minimum Gasteiger partial charge on any atom is -0.493 e. The lowest BCUT2D eigenvalue weighted by Gasteiger charge is -2.15. The molecule has 0 saturated carbocycles. The third-order valence-corrected chi connectivity index (χ3v) is 3.50. The van der Waals surface area contributed by atoms with Gasteiger partial charge in [-0.25, -0.2) is 4.79 Å². The summed E-state index contributed by atoms with van der Waals surface area (Å²) in [5.74, 6) is 0.431. The second-order valence-corrected chi connectivity index (χ2v) is 5.31. The van der Waals surface area contributed by atoms with E-state index in [1.165, 1.54) is 20.3 Å². The number of carboxylic acid groups (broad SMARTS) is 1. The second kappa shape index (κ2) is 7.17. The van der Waals surface area contributed by atoms with Crippen LogP contribution in [0, 0.1) is 0 Å². The number of hydrogen-bond acceptors (Lipinski definition) is 4. The number of rotatable bonds is 6. The van der Waals surface area contributed by atoms with Gasteiger partial charge in [0.25, 0.3) is 0 Å². The zero-order valence-corrected chi connectivity index (χ0v) is 13.7. The second-order valence-electron chi connectivity index (χ2n) is 4.39. The largest absolute Gasteiger partial charge is 0.493 e. The SMILES string of the molecule is COc1cc(Br)cc(OC)c1OCc1ccccc1C(=O)O. The summed E-state index contributed by atoms with van der Waals surface area (Å²) in [6.07, 6.45) is 0. The molecule has 0 radical (unpaired) electrons. The fourth-order valence-corrected chi connectivity index (χ4v) is 2.41. The van der Waals surface area contributed by atoms with Crippen LogP contribution in [0.3, 0.4) is 0 Å². The first-order chi connectivity index (χ1) is 10.6. The lowest BCUT2D eigenvalue weighted by atomic mass is 10.1. The number of aromatic carboxylic acids is 1. The molecular weight excluding hydrogens is 352 g/mol. The molecule has 0 aliphatic rings. The highest BCUT2D eigenvalue weighted by molar-refractivity contribution is 9.10. The van der Waals surface area contributed by atoms with Crippen LogP contribution in [-0.4, -0.2) is 25.3 Å². The first-order valence-electron chi connectivity index (χ1n) is 6.42. The molecule has 0 unspecified atom stereocenters. The molecule has 0 aromatic heterocycles. The van der Waals surface area contributed by atoms with Crippen molar-refractivity contribution in [2.75, 3.05) is 14.2 Å². The molecule has 0 atom stereocenters. The van der Waals surface area contributed by atoms with Gasteiger partial charge in [0, 0.05) is 10.0 Å². The molecule has 0 saturated heterocycles. The lowest BCUT2D eigenvalue weighted by molar-refractivity contribution is 0.0694. The fraction of sp³-hybridized carbons (Fsp3) is 0.188. The number of benzene rings is 2. The lowest BCUT2D eigenvalue weighted by Crippen LogP contribution is -2.06. The molecule has 22 heavy (non-hydrogen) atoms. The first kappa shape index (κ1) is 16.2.